The van der Waals surface area contributed by atoms with Gasteiger partial charge in [-0.05, 0) is 117 Å². The molecule has 0 spiro atoms. The molecule has 0 aromatic heterocycles. The molecule has 0 bridgehead atoms. The molecule has 0 N–H and O–H groups in total. The fraction of sp³-hybridized carbons (Fsp3) is 0.981. The van der Waals surface area contributed by atoms with Gasteiger partial charge in [0.05, 0.1) is 0 Å². The monoisotopic (exact) mass is 765 g/mol. The molecule has 0 aromatic rings. The lowest BCUT2D eigenvalue weighted by Gasteiger charge is -2.58. The van der Waals surface area contributed by atoms with Crippen molar-refractivity contribution in [3.05, 3.63) is 0 Å². The first-order chi connectivity index (χ1) is 27.1. The van der Waals surface area contributed by atoms with Gasteiger partial charge in [-0.1, -0.05) is 206 Å². The largest absolute Gasteiger partial charge is 0.465 e. The fourth-order valence-corrected chi connectivity index (χ4v) is 14.5. The van der Waals surface area contributed by atoms with Crippen molar-refractivity contribution in [2.75, 3.05) is 0 Å². The minimum Gasteiger partial charge on any atom is -0.465 e. The van der Waals surface area contributed by atoms with Crippen LogP contribution in [-0.2, 0) is 9.53 Å². The van der Waals surface area contributed by atoms with Crippen LogP contribution in [0.1, 0.15) is 277 Å². The summed E-state index contributed by atoms with van der Waals surface area (Å²) in [7, 11) is 0. The molecule has 0 saturated heterocycles. The SMILES string of the molecule is CCCCCCCCCCC1CCC(C2(CC(C3CCCCC3)C3(C4CCC(CCCCCCCCCC)CC4)CCCCC3)CCC(OC=O)CC2)CC1. The van der Waals surface area contributed by atoms with Crippen LogP contribution in [0.25, 0.3) is 0 Å². The first-order valence-electron chi connectivity index (χ1n) is 26.2. The summed E-state index contributed by atoms with van der Waals surface area (Å²) in [6.07, 6.45) is 60.3. The normalized spacial score (nSPS) is 31.2. The second-order valence-corrected chi connectivity index (χ2v) is 21.3. The number of hydrogen-bond acceptors (Lipinski definition) is 2. The molecule has 0 aromatic carbocycles. The van der Waals surface area contributed by atoms with Crippen LogP contribution in [0.5, 0.6) is 0 Å². The van der Waals surface area contributed by atoms with Crippen LogP contribution in [0.2, 0.25) is 0 Å². The van der Waals surface area contributed by atoms with Crippen molar-refractivity contribution >= 4 is 6.47 Å². The molecule has 1 unspecified atom stereocenters. The van der Waals surface area contributed by atoms with E-state index in [9.17, 15) is 4.79 Å². The molecule has 5 saturated carbocycles. The van der Waals surface area contributed by atoms with Crippen LogP contribution in [0, 0.1) is 46.3 Å². The topological polar surface area (TPSA) is 26.3 Å². The van der Waals surface area contributed by atoms with Gasteiger partial charge in [-0.3, -0.25) is 4.79 Å². The third-order valence-electron chi connectivity index (χ3n) is 17.8. The first kappa shape index (κ1) is 45.6. The first-order valence-corrected chi connectivity index (χ1v) is 26.2. The maximum Gasteiger partial charge on any atom is 0.293 e. The summed E-state index contributed by atoms with van der Waals surface area (Å²) in [6, 6.07) is 0. The quantitative estimate of drug-likeness (QED) is 0.0648. The highest BCUT2D eigenvalue weighted by Crippen LogP contribution is 2.63. The summed E-state index contributed by atoms with van der Waals surface area (Å²) >= 11 is 0. The van der Waals surface area contributed by atoms with E-state index in [2.05, 4.69) is 13.8 Å². The maximum atomic E-state index is 11.5. The maximum absolute atomic E-state index is 11.5. The third-order valence-corrected chi connectivity index (χ3v) is 17.8. The van der Waals surface area contributed by atoms with Gasteiger partial charge in [-0.15, -0.1) is 0 Å². The van der Waals surface area contributed by atoms with Crippen LogP contribution >= 0.6 is 0 Å². The number of carbonyl (C=O) groups is 1. The highest BCUT2D eigenvalue weighted by Gasteiger charge is 2.53. The second kappa shape index (κ2) is 25.8. The van der Waals surface area contributed by atoms with Crippen molar-refractivity contribution < 1.29 is 9.53 Å². The molecule has 320 valence electrons. The van der Waals surface area contributed by atoms with Crippen molar-refractivity contribution in [3.63, 3.8) is 0 Å². The van der Waals surface area contributed by atoms with Gasteiger partial charge in [0.2, 0.25) is 0 Å². The predicted molar refractivity (Wildman–Crippen MR) is 237 cm³/mol. The molecule has 55 heavy (non-hydrogen) atoms. The molecule has 5 aliphatic carbocycles. The molecule has 2 heteroatoms. The van der Waals surface area contributed by atoms with Crippen molar-refractivity contribution in [1.82, 2.24) is 0 Å². The highest BCUT2D eigenvalue weighted by molar-refractivity contribution is 5.37. The third kappa shape index (κ3) is 14.3. The lowest BCUT2D eigenvalue weighted by molar-refractivity contribution is -0.138. The zero-order valence-electron chi connectivity index (χ0n) is 37.4. The Bertz CT molecular complexity index is 951. The van der Waals surface area contributed by atoms with Crippen LogP contribution in [0.3, 0.4) is 0 Å². The minimum absolute atomic E-state index is 0.178. The van der Waals surface area contributed by atoms with E-state index < -0.39 is 0 Å². The predicted octanol–water partition coefficient (Wildman–Crippen LogP) is 17.3. The smallest absolute Gasteiger partial charge is 0.293 e. The van der Waals surface area contributed by atoms with Gasteiger partial charge in [0.1, 0.15) is 6.10 Å². The van der Waals surface area contributed by atoms with Crippen LogP contribution in [0.15, 0.2) is 0 Å². The summed E-state index contributed by atoms with van der Waals surface area (Å²) in [5, 5.41) is 0. The Morgan fingerprint density at radius 1 is 0.491 bits per heavy atom. The van der Waals surface area contributed by atoms with E-state index in [1.807, 2.05) is 0 Å². The summed E-state index contributed by atoms with van der Waals surface area (Å²) in [4.78, 5) is 11.5. The lowest BCUT2D eigenvalue weighted by Crippen LogP contribution is -2.49. The minimum atomic E-state index is 0.178. The molecule has 2 nitrogen and oxygen atoms in total. The van der Waals surface area contributed by atoms with Gasteiger partial charge in [0.25, 0.3) is 6.47 Å². The highest BCUT2D eigenvalue weighted by atomic mass is 16.5. The summed E-state index contributed by atoms with van der Waals surface area (Å²) < 4.78 is 5.72. The molecule has 5 fully saturated rings. The van der Waals surface area contributed by atoms with Crippen LogP contribution in [0.4, 0.5) is 0 Å². The molecule has 0 radical (unpaired) electrons. The van der Waals surface area contributed by atoms with E-state index in [-0.39, 0.29) is 6.10 Å². The number of rotatable bonds is 26. The fourth-order valence-electron chi connectivity index (χ4n) is 14.5. The van der Waals surface area contributed by atoms with Crippen molar-refractivity contribution in [2.24, 2.45) is 46.3 Å². The van der Waals surface area contributed by atoms with Crippen molar-refractivity contribution in [2.45, 2.75) is 283 Å². The Morgan fingerprint density at radius 3 is 1.44 bits per heavy atom. The summed E-state index contributed by atoms with van der Waals surface area (Å²) in [5.74, 6) is 5.83. The van der Waals surface area contributed by atoms with Gasteiger partial charge in [0, 0.05) is 0 Å². The Labute approximate surface area is 344 Å². The van der Waals surface area contributed by atoms with Gasteiger partial charge in [-0.2, -0.15) is 0 Å². The Morgan fingerprint density at radius 2 is 0.945 bits per heavy atom. The van der Waals surface area contributed by atoms with E-state index in [1.165, 1.54) is 212 Å². The van der Waals surface area contributed by atoms with E-state index >= 15 is 0 Å². The van der Waals surface area contributed by atoms with Gasteiger partial charge in [-0.25, -0.2) is 0 Å². The van der Waals surface area contributed by atoms with Crippen LogP contribution in [-0.4, -0.2) is 12.6 Å². The Balaban J connectivity index is 1.23. The molecule has 0 heterocycles. The number of ether oxygens (including phenoxy) is 1. The average Bonchev–Trinajstić information content (AvgIpc) is 3.23. The molecular formula is C53H96O2. The standard InChI is InChI=1S/C53H96O2/c1-3-5-7-9-11-13-15-19-25-45-29-33-48(34-30-45)52(41-37-50(38-42-52)55-44-54)43-51(47-27-21-17-22-28-47)53(39-23-18-24-40-53)49-35-31-46(32-36-49)26-20-16-14-12-10-8-6-4-2/h44-51H,3-43H2,1-2H3. The molecule has 1 atom stereocenters. The van der Waals surface area contributed by atoms with E-state index in [1.54, 1.807) is 38.5 Å². The lowest BCUT2D eigenvalue weighted by atomic mass is 9.47. The molecule has 0 aliphatic heterocycles. The molecule has 5 aliphatic rings. The zero-order valence-corrected chi connectivity index (χ0v) is 37.4. The van der Waals surface area contributed by atoms with Gasteiger partial charge < -0.3 is 4.74 Å². The van der Waals surface area contributed by atoms with Crippen molar-refractivity contribution in [3.8, 4) is 0 Å². The Hall–Kier alpha value is -0.530. The summed E-state index contributed by atoms with van der Waals surface area (Å²) in [6.45, 7) is 5.43. The van der Waals surface area contributed by atoms with E-state index in [0.717, 1.165) is 54.8 Å². The van der Waals surface area contributed by atoms with Crippen LogP contribution < -0.4 is 0 Å². The Kier molecular flexibility index (Phi) is 21.4. The molecular weight excluding hydrogens is 669 g/mol. The van der Waals surface area contributed by atoms with Crippen molar-refractivity contribution in [1.29, 1.82) is 0 Å². The summed E-state index contributed by atoms with van der Waals surface area (Å²) in [5.41, 5.74) is 1.10. The second-order valence-electron chi connectivity index (χ2n) is 21.3. The zero-order chi connectivity index (χ0) is 38.4. The number of carbonyl (C=O) groups excluding carboxylic acids is 1. The van der Waals surface area contributed by atoms with Gasteiger partial charge >= 0.3 is 0 Å². The number of hydrogen-bond donors (Lipinski definition) is 0. The van der Waals surface area contributed by atoms with Gasteiger partial charge in [0.15, 0.2) is 0 Å². The molecule has 5 rings (SSSR count). The van der Waals surface area contributed by atoms with E-state index in [4.69, 9.17) is 4.74 Å². The average molecular weight is 765 g/mol. The van der Waals surface area contributed by atoms with E-state index in [0.29, 0.717) is 10.8 Å². The number of unbranched alkanes of at least 4 members (excludes halogenated alkanes) is 14. The molecule has 0 amide bonds.